The number of benzene rings is 1. The average Bonchev–Trinajstić information content (AvgIpc) is 2.30. The van der Waals surface area contributed by atoms with Gasteiger partial charge in [0, 0.05) is 11.1 Å². The maximum Gasteiger partial charge on any atom is 0.0453 e. The normalized spacial score (nSPS) is 26.5. The summed E-state index contributed by atoms with van der Waals surface area (Å²) < 4.78 is 0. The molecule has 2 rings (SSSR count). The van der Waals surface area contributed by atoms with Crippen LogP contribution < -0.4 is 11.1 Å². The van der Waals surface area contributed by atoms with Crippen molar-refractivity contribution in [3.8, 4) is 0 Å². The predicted octanol–water partition coefficient (Wildman–Crippen LogP) is 2.34. The van der Waals surface area contributed by atoms with E-state index in [9.17, 15) is 0 Å². The number of halogens is 1. The van der Waals surface area contributed by atoms with Crippen LogP contribution in [0.2, 0.25) is 5.02 Å². The lowest BCUT2D eigenvalue weighted by atomic mass is 9.86. The summed E-state index contributed by atoms with van der Waals surface area (Å²) in [7, 11) is 0. The molecule has 0 aliphatic carbocycles. The highest BCUT2D eigenvalue weighted by Crippen LogP contribution is 2.32. The Morgan fingerprint density at radius 1 is 1.40 bits per heavy atom. The summed E-state index contributed by atoms with van der Waals surface area (Å²) in [5.74, 6) is 0.513. The Morgan fingerprint density at radius 3 is 2.93 bits per heavy atom. The third-order valence-corrected chi connectivity index (χ3v) is 3.47. The van der Waals surface area contributed by atoms with Crippen molar-refractivity contribution in [3.05, 3.63) is 34.9 Å². The Balaban J connectivity index is 2.24. The second-order valence-corrected chi connectivity index (χ2v) is 4.50. The lowest BCUT2D eigenvalue weighted by Crippen LogP contribution is -2.37. The Bertz CT molecular complexity index is 327. The third-order valence-electron chi connectivity index (χ3n) is 3.13. The third kappa shape index (κ3) is 2.33. The Labute approximate surface area is 95.8 Å². The van der Waals surface area contributed by atoms with Crippen molar-refractivity contribution in [2.45, 2.75) is 18.9 Å². The molecule has 1 fully saturated rings. The molecule has 82 valence electrons. The fraction of sp³-hybridized carbons (Fsp3) is 0.500. The van der Waals surface area contributed by atoms with Crippen LogP contribution in [0.15, 0.2) is 24.3 Å². The van der Waals surface area contributed by atoms with Crippen LogP contribution in [-0.2, 0) is 0 Å². The minimum Gasteiger partial charge on any atom is -0.330 e. The van der Waals surface area contributed by atoms with E-state index in [1.165, 1.54) is 18.4 Å². The minimum absolute atomic E-state index is 0.331. The molecular formula is C12H17ClN2. The second-order valence-electron chi connectivity index (χ2n) is 4.09. The summed E-state index contributed by atoms with van der Waals surface area (Å²) in [5, 5.41) is 4.36. The highest BCUT2D eigenvalue weighted by molar-refractivity contribution is 6.31. The van der Waals surface area contributed by atoms with E-state index in [1.54, 1.807) is 0 Å². The van der Waals surface area contributed by atoms with Crippen LogP contribution in [0, 0.1) is 5.92 Å². The summed E-state index contributed by atoms with van der Waals surface area (Å²) in [6.45, 7) is 1.79. The first kappa shape index (κ1) is 10.9. The molecule has 1 aromatic rings. The fourth-order valence-corrected chi connectivity index (χ4v) is 2.55. The molecule has 1 saturated heterocycles. The summed E-state index contributed by atoms with van der Waals surface area (Å²) in [5.41, 5.74) is 6.99. The number of nitrogens with one attached hydrogen (secondary N) is 1. The lowest BCUT2D eigenvalue weighted by Gasteiger charge is -2.32. The van der Waals surface area contributed by atoms with E-state index >= 15 is 0 Å². The maximum absolute atomic E-state index is 6.20. The van der Waals surface area contributed by atoms with Crippen molar-refractivity contribution in [1.29, 1.82) is 0 Å². The topological polar surface area (TPSA) is 38.0 Å². The van der Waals surface area contributed by atoms with Crippen LogP contribution in [-0.4, -0.2) is 13.1 Å². The molecule has 2 nitrogen and oxygen atoms in total. The van der Waals surface area contributed by atoms with Gasteiger partial charge in [0.05, 0.1) is 0 Å². The van der Waals surface area contributed by atoms with Crippen LogP contribution in [0.3, 0.4) is 0 Å². The van der Waals surface area contributed by atoms with Gasteiger partial charge in [-0.05, 0) is 43.5 Å². The highest BCUT2D eigenvalue weighted by Gasteiger charge is 2.26. The van der Waals surface area contributed by atoms with Crippen molar-refractivity contribution < 1.29 is 0 Å². The van der Waals surface area contributed by atoms with Crippen LogP contribution in [0.4, 0.5) is 0 Å². The van der Waals surface area contributed by atoms with Gasteiger partial charge < -0.3 is 11.1 Å². The molecule has 0 amide bonds. The SMILES string of the molecule is NC[C@@H]1CCCN[C@H]1c1ccccc1Cl. The molecule has 0 unspecified atom stereocenters. The number of piperidine rings is 1. The summed E-state index contributed by atoms with van der Waals surface area (Å²) in [4.78, 5) is 0. The molecule has 3 N–H and O–H groups in total. The van der Waals surface area contributed by atoms with E-state index in [0.717, 1.165) is 18.1 Å². The Morgan fingerprint density at radius 2 is 2.20 bits per heavy atom. The summed E-state index contributed by atoms with van der Waals surface area (Å²) in [6, 6.07) is 8.36. The smallest absolute Gasteiger partial charge is 0.0453 e. The average molecular weight is 225 g/mol. The van der Waals surface area contributed by atoms with E-state index in [1.807, 2.05) is 18.2 Å². The second kappa shape index (κ2) is 4.97. The predicted molar refractivity (Wildman–Crippen MR) is 64.0 cm³/mol. The number of rotatable bonds is 2. The zero-order valence-corrected chi connectivity index (χ0v) is 9.50. The molecule has 1 aromatic carbocycles. The number of nitrogens with two attached hydrogens (primary N) is 1. The molecule has 1 heterocycles. The van der Waals surface area contributed by atoms with Gasteiger partial charge in [-0.1, -0.05) is 29.8 Å². The van der Waals surface area contributed by atoms with Crippen LogP contribution >= 0.6 is 11.6 Å². The van der Waals surface area contributed by atoms with E-state index < -0.39 is 0 Å². The first-order chi connectivity index (χ1) is 7.33. The quantitative estimate of drug-likeness (QED) is 0.810. The fourth-order valence-electron chi connectivity index (χ4n) is 2.30. The monoisotopic (exact) mass is 224 g/mol. The van der Waals surface area contributed by atoms with Crippen molar-refractivity contribution in [2.24, 2.45) is 11.7 Å². The largest absolute Gasteiger partial charge is 0.330 e. The first-order valence-electron chi connectivity index (χ1n) is 5.51. The number of hydrogen-bond donors (Lipinski definition) is 2. The van der Waals surface area contributed by atoms with Crippen molar-refractivity contribution in [2.75, 3.05) is 13.1 Å². The van der Waals surface area contributed by atoms with Crippen LogP contribution in [0.1, 0.15) is 24.4 Å². The molecule has 2 atom stereocenters. The molecule has 0 saturated carbocycles. The van der Waals surface area contributed by atoms with E-state index in [-0.39, 0.29) is 0 Å². The van der Waals surface area contributed by atoms with Gasteiger partial charge in [0.25, 0.3) is 0 Å². The van der Waals surface area contributed by atoms with Gasteiger partial charge >= 0.3 is 0 Å². The minimum atomic E-state index is 0.331. The number of hydrogen-bond acceptors (Lipinski definition) is 2. The Kier molecular flexibility index (Phi) is 3.62. The Hall–Kier alpha value is -0.570. The van der Waals surface area contributed by atoms with Crippen molar-refractivity contribution >= 4 is 11.6 Å². The van der Waals surface area contributed by atoms with Gasteiger partial charge in [0.15, 0.2) is 0 Å². The van der Waals surface area contributed by atoms with Gasteiger partial charge in [-0.3, -0.25) is 0 Å². The zero-order valence-electron chi connectivity index (χ0n) is 8.75. The molecule has 15 heavy (non-hydrogen) atoms. The van der Waals surface area contributed by atoms with E-state index in [0.29, 0.717) is 12.0 Å². The standard InChI is InChI=1S/C12H17ClN2/c13-11-6-2-1-5-10(11)12-9(8-14)4-3-7-15-12/h1-2,5-6,9,12,15H,3-4,7-8,14H2/t9-,12+/m0/s1. The van der Waals surface area contributed by atoms with Crippen LogP contribution in [0.25, 0.3) is 0 Å². The van der Waals surface area contributed by atoms with Gasteiger partial charge in [-0.2, -0.15) is 0 Å². The molecule has 0 spiro atoms. The molecule has 0 aromatic heterocycles. The molecule has 0 radical (unpaired) electrons. The first-order valence-corrected chi connectivity index (χ1v) is 5.88. The lowest BCUT2D eigenvalue weighted by molar-refractivity contribution is 0.291. The van der Waals surface area contributed by atoms with E-state index in [4.69, 9.17) is 17.3 Å². The summed E-state index contributed by atoms with van der Waals surface area (Å²) >= 11 is 6.20. The van der Waals surface area contributed by atoms with Gasteiger partial charge in [0.2, 0.25) is 0 Å². The maximum atomic E-state index is 6.20. The van der Waals surface area contributed by atoms with Gasteiger partial charge in [-0.25, -0.2) is 0 Å². The molecule has 3 heteroatoms. The van der Waals surface area contributed by atoms with E-state index in [2.05, 4.69) is 11.4 Å². The molecule has 0 bridgehead atoms. The van der Waals surface area contributed by atoms with Crippen LogP contribution in [0.5, 0.6) is 0 Å². The summed E-state index contributed by atoms with van der Waals surface area (Å²) in [6.07, 6.45) is 2.40. The van der Waals surface area contributed by atoms with Crippen molar-refractivity contribution in [1.82, 2.24) is 5.32 Å². The van der Waals surface area contributed by atoms with Gasteiger partial charge in [0.1, 0.15) is 0 Å². The zero-order chi connectivity index (χ0) is 10.7. The molecular weight excluding hydrogens is 208 g/mol. The molecule has 1 aliphatic rings. The molecule has 1 aliphatic heterocycles. The van der Waals surface area contributed by atoms with Gasteiger partial charge in [-0.15, -0.1) is 0 Å². The van der Waals surface area contributed by atoms with Crippen molar-refractivity contribution in [3.63, 3.8) is 0 Å². The highest BCUT2D eigenvalue weighted by atomic mass is 35.5.